The van der Waals surface area contributed by atoms with Gasteiger partial charge in [-0.15, -0.1) is 0 Å². The molecule has 0 unspecified atom stereocenters. The van der Waals surface area contributed by atoms with Crippen molar-refractivity contribution in [3.63, 3.8) is 0 Å². The molecule has 6 nitrogen and oxygen atoms in total. The van der Waals surface area contributed by atoms with Crippen LogP contribution in [0.1, 0.15) is 5.69 Å². The SMILES string of the molecule is COc1cc2c(O)cc(/C=N\O)nc2c2ncccc12. The van der Waals surface area contributed by atoms with Gasteiger partial charge in [0.2, 0.25) is 0 Å². The largest absolute Gasteiger partial charge is 0.507 e. The number of fused-ring (bicyclic) bond motifs is 3. The molecule has 0 fully saturated rings. The van der Waals surface area contributed by atoms with E-state index in [0.717, 1.165) is 11.6 Å². The summed E-state index contributed by atoms with van der Waals surface area (Å²) < 4.78 is 5.32. The van der Waals surface area contributed by atoms with E-state index >= 15 is 0 Å². The number of rotatable bonds is 2. The van der Waals surface area contributed by atoms with Gasteiger partial charge in [-0.25, -0.2) is 4.98 Å². The minimum Gasteiger partial charge on any atom is -0.507 e. The van der Waals surface area contributed by atoms with E-state index in [4.69, 9.17) is 9.94 Å². The molecule has 3 aromatic rings. The van der Waals surface area contributed by atoms with Gasteiger partial charge >= 0.3 is 0 Å². The zero-order valence-corrected chi connectivity index (χ0v) is 10.6. The number of aromatic hydroxyl groups is 1. The van der Waals surface area contributed by atoms with Gasteiger partial charge in [0.05, 0.1) is 19.0 Å². The lowest BCUT2D eigenvalue weighted by molar-refractivity contribution is 0.321. The summed E-state index contributed by atoms with van der Waals surface area (Å²) in [6.07, 6.45) is 2.80. The fraction of sp³-hybridized carbons (Fsp3) is 0.0714. The fourth-order valence-corrected chi connectivity index (χ4v) is 2.18. The van der Waals surface area contributed by atoms with Crippen molar-refractivity contribution in [3.8, 4) is 11.5 Å². The van der Waals surface area contributed by atoms with Crippen LogP contribution in [0, 0.1) is 0 Å². The van der Waals surface area contributed by atoms with Crippen LogP contribution in [0.3, 0.4) is 0 Å². The molecule has 0 bridgehead atoms. The second-order valence-corrected chi connectivity index (χ2v) is 4.19. The van der Waals surface area contributed by atoms with Gasteiger partial charge in [-0.3, -0.25) is 4.98 Å². The van der Waals surface area contributed by atoms with E-state index in [2.05, 4.69) is 15.1 Å². The highest BCUT2D eigenvalue weighted by atomic mass is 16.5. The highest BCUT2D eigenvalue weighted by Crippen LogP contribution is 2.35. The van der Waals surface area contributed by atoms with E-state index in [0.29, 0.717) is 27.9 Å². The summed E-state index contributed by atoms with van der Waals surface area (Å²) in [7, 11) is 1.56. The van der Waals surface area contributed by atoms with Crippen LogP contribution in [0.4, 0.5) is 0 Å². The Morgan fingerprint density at radius 1 is 1.25 bits per heavy atom. The summed E-state index contributed by atoms with van der Waals surface area (Å²) in [5.74, 6) is 0.636. The predicted octanol–water partition coefficient (Wildman–Crippen LogP) is 2.31. The summed E-state index contributed by atoms with van der Waals surface area (Å²) in [4.78, 5) is 8.64. The fourth-order valence-electron chi connectivity index (χ4n) is 2.18. The van der Waals surface area contributed by atoms with Gasteiger partial charge in [0.25, 0.3) is 0 Å². The van der Waals surface area contributed by atoms with Crippen LogP contribution in [0.2, 0.25) is 0 Å². The molecule has 6 heteroatoms. The summed E-state index contributed by atoms with van der Waals surface area (Å²) in [5, 5.41) is 22.9. The Bertz CT molecular complexity index is 831. The molecule has 1 aromatic carbocycles. The van der Waals surface area contributed by atoms with Crippen LogP contribution in [-0.4, -0.2) is 33.6 Å². The quantitative estimate of drug-likeness (QED) is 0.322. The molecule has 0 saturated carbocycles. The Morgan fingerprint density at radius 2 is 2.10 bits per heavy atom. The first-order valence-corrected chi connectivity index (χ1v) is 5.87. The summed E-state index contributed by atoms with van der Waals surface area (Å²) in [6, 6.07) is 6.79. The number of aromatic nitrogens is 2. The molecule has 3 rings (SSSR count). The van der Waals surface area contributed by atoms with Crippen molar-refractivity contribution in [1.82, 2.24) is 9.97 Å². The predicted molar refractivity (Wildman–Crippen MR) is 74.6 cm³/mol. The molecular weight excluding hydrogens is 258 g/mol. The normalized spacial score (nSPS) is 11.4. The molecule has 0 aliphatic heterocycles. The van der Waals surface area contributed by atoms with E-state index in [-0.39, 0.29) is 5.75 Å². The third-order valence-electron chi connectivity index (χ3n) is 3.04. The minimum absolute atomic E-state index is 0.0238. The van der Waals surface area contributed by atoms with Crippen LogP contribution < -0.4 is 4.74 Å². The molecule has 100 valence electrons. The lowest BCUT2D eigenvalue weighted by atomic mass is 10.1. The van der Waals surface area contributed by atoms with Crippen LogP contribution in [0.5, 0.6) is 11.5 Å². The van der Waals surface area contributed by atoms with Gasteiger partial charge in [-0.1, -0.05) is 5.16 Å². The monoisotopic (exact) mass is 269 g/mol. The van der Waals surface area contributed by atoms with Crippen LogP contribution in [0.15, 0.2) is 35.6 Å². The maximum Gasteiger partial charge on any atom is 0.129 e. The average Bonchev–Trinajstić information content (AvgIpc) is 2.47. The maximum atomic E-state index is 10.1. The van der Waals surface area contributed by atoms with Crippen molar-refractivity contribution in [2.45, 2.75) is 0 Å². The van der Waals surface area contributed by atoms with Gasteiger partial charge in [-0.05, 0) is 18.2 Å². The lowest BCUT2D eigenvalue weighted by Crippen LogP contribution is -1.94. The number of hydrogen-bond acceptors (Lipinski definition) is 6. The molecule has 2 heterocycles. The van der Waals surface area contributed by atoms with Crippen molar-refractivity contribution >= 4 is 28.0 Å². The number of pyridine rings is 2. The Morgan fingerprint density at radius 3 is 2.85 bits per heavy atom. The number of ether oxygens (including phenoxy) is 1. The minimum atomic E-state index is 0.0238. The summed E-state index contributed by atoms with van der Waals surface area (Å²) in [6.45, 7) is 0. The van der Waals surface area contributed by atoms with Crippen molar-refractivity contribution < 1.29 is 15.1 Å². The zero-order chi connectivity index (χ0) is 14.1. The average molecular weight is 269 g/mol. The zero-order valence-electron chi connectivity index (χ0n) is 10.6. The van der Waals surface area contributed by atoms with Gasteiger partial charge in [-0.2, -0.15) is 0 Å². The van der Waals surface area contributed by atoms with E-state index in [1.807, 2.05) is 6.07 Å². The first-order chi connectivity index (χ1) is 9.74. The number of benzene rings is 1. The molecular formula is C14H11N3O3. The highest BCUT2D eigenvalue weighted by Gasteiger charge is 2.13. The first-order valence-electron chi connectivity index (χ1n) is 5.87. The first kappa shape index (κ1) is 12.2. The molecule has 2 N–H and O–H groups in total. The van der Waals surface area contributed by atoms with E-state index in [1.165, 1.54) is 6.07 Å². The second kappa shape index (κ2) is 4.65. The van der Waals surface area contributed by atoms with Crippen LogP contribution >= 0.6 is 0 Å². The lowest BCUT2D eigenvalue weighted by Gasteiger charge is -2.09. The van der Waals surface area contributed by atoms with Gasteiger partial charge in [0.1, 0.15) is 22.5 Å². The van der Waals surface area contributed by atoms with E-state index in [1.54, 1.807) is 25.4 Å². The number of hydrogen-bond donors (Lipinski definition) is 2. The third kappa shape index (κ3) is 1.78. The topological polar surface area (TPSA) is 87.8 Å². The molecule has 0 atom stereocenters. The maximum absolute atomic E-state index is 10.1. The smallest absolute Gasteiger partial charge is 0.129 e. The van der Waals surface area contributed by atoms with Crippen molar-refractivity contribution in [2.24, 2.45) is 5.16 Å². The molecule has 2 aromatic heterocycles. The van der Waals surface area contributed by atoms with Crippen molar-refractivity contribution in [3.05, 3.63) is 36.2 Å². The Labute approximate surface area is 114 Å². The highest BCUT2D eigenvalue weighted by molar-refractivity contribution is 6.08. The molecule has 0 aliphatic rings. The Hall–Kier alpha value is -2.89. The van der Waals surface area contributed by atoms with Crippen molar-refractivity contribution in [1.29, 1.82) is 0 Å². The molecule has 0 saturated heterocycles. The molecule has 0 radical (unpaired) electrons. The standard InChI is InChI=1S/C14H11N3O3/c1-20-12-6-10-11(18)5-8(7-16-19)17-14(10)13-9(12)3-2-4-15-13/h2-7,19H,1H3,(H,17,18)/b16-7-. The molecule has 0 spiro atoms. The number of nitrogens with zero attached hydrogens (tertiary/aromatic N) is 3. The van der Waals surface area contributed by atoms with Crippen LogP contribution in [0.25, 0.3) is 21.8 Å². The van der Waals surface area contributed by atoms with Gasteiger partial charge in [0.15, 0.2) is 0 Å². The molecule has 20 heavy (non-hydrogen) atoms. The molecule has 0 aliphatic carbocycles. The third-order valence-corrected chi connectivity index (χ3v) is 3.04. The number of oxime groups is 1. The van der Waals surface area contributed by atoms with Gasteiger partial charge < -0.3 is 15.1 Å². The second-order valence-electron chi connectivity index (χ2n) is 4.19. The van der Waals surface area contributed by atoms with Crippen LogP contribution in [-0.2, 0) is 0 Å². The molecule has 0 amide bonds. The summed E-state index contributed by atoms with van der Waals surface area (Å²) >= 11 is 0. The van der Waals surface area contributed by atoms with Gasteiger partial charge in [0, 0.05) is 23.0 Å². The summed E-state index contributed by atoms with van der Waals surface area (Å²) in [5.41, 5.74) is 1.48. The van der Waals surface area contributed by atoms with E-state index < -0.39 is 0 Å². The van der Waals surface area contributed by atoms with E-state index in [9.17, 15) is 5.11 Å². The Balaban J connectivity index is 2.50. The number of methoxy groups -OCH3 is 1. The Kier molecular flexibility index (Phi) is 2.83. The van der Waals surface area contributed by atoms with Crippen molar-refractivity contribution in [2.75, 3.05) is 7.11 Å².